The second kappa shape index (κ2) is 8.47. The summed E-state index contributed by atoms with van der Waals surface area (Å²) in [6.45, 7) is 6.83. The second-order valence-electron chi connectivity index (χ2n) is 7.80. The topological polar surface area (TPSA) is 79.7 Å². The number of rotatable bonds is 4. The van der Waals surface area contributed by atoms with Gasteiger partial charge in [0.25, 0.3) is 5.91 Å². The molecule has 2 aliphatic rings. The van der Waals surface area contributed by atoms with Crippen LogP contribution in [0.3, 0.4) is 0 Å². The lowest BCUT2D eigenvalue weighted by atomic mass is 9.88. The summed E-state index contributed by atoms with van der Waals surface area (Å²) in [7, 11) is 0. The highest BCUT2D eigenvalue weighted by Crippen LogP contribution is 2.40. The van der Waals surface area contributed by atoms with Crippen molar-refractivity contribution in [3.05, 3.63) is 48.5 Å². The predicted octanol–water partition coefficient (Wildman–Crippen LogP) is 2.67. The number of amides is 3. The Balaban J connectivity index is 1.48. The number of para-hydroxylation sites is 1. The van der Waals surface area contributed by atoms with Crippen molar-refractivity contribution in [1.82, 2.24) is 19.4 Å². The monoisotopic (exact) mass is 411 g/mol. The molecular formula is C22H29N5O3. The molecule has 1 unspecified atom stereocenters. The van der Waals surface area contributed by atoms with Crippen molar-refractivity contribution in [3.8, 4) is 0 Å². The number of carbonyl (C=O) groups excluding carboxylic acids is 2. The van der Waals surface area contributed by atoms with Crippen molar-refractivity contribution in [3.63, 3.8) is 0 Å². The van der Waals surface area contributed by atoms with E-state index in [9.17, 15) is 9.59 Å². The average Bonchev–Trinajstić information content (AvgIpc) is 3.25. The molecule has 2 aromatic rings. The van der Waals surface area contributed by atoms with Gasteiger partial charge in [-0.3, -0.25) is 4.79 Å². The number of nitrogens with one attached hydrogen (secondary N) is 1. The highest BCUT2D eigenvalue weighted by molar-refractivity contribution is 5.89. The fourth-order valence-corrected chi connectivity index (χ4v) is 4.40. The minimum absolute atomic E-state index is 0.0166. The number of likely N-dealkylation sites (tertiary alicyclic amines) is 1. The second-order valence-corrected chi connectivity index (χ2v) is 7.80. The van der Waals surface area contributed by atoms with Crippen LogP contribution in [0.2, 0.25) is 0 Å². The highest BCUT2D eigenvalue weighted by atomic mass is 16.5. The van der Waals surface area contributed by atoms with Crippen LogP contribution in [0.5, 0.6) is 0 Å². The highest BCUT2D eigenvalue weighted by Gasteiger charge is 2.48. The minimum Gasteiger partial charge on any atom is -0.352 e. The predicted molar refractivity (Wildman–Crippen MR) is 113 cm³/mol. The molecule has 1 aromatic carbocycles. The van der Waals surface area contributed by atoms with Crippen LogP contribution < -0.4 is 5.32 Å². The van der Waals surface area contributed by atoms with Gasteiger partial charge in [0.2, 0.25) is 0 Å². The van der Waals surface area contributed by atoms with Gasteiger partial charge in [0.05, 0.1) is 6.54 Å². The fourth-order valence-electron chi connectivity index (χ4n) is 4.40. The Bertz CT molecular complexity index is 885. The number of carbonyl (C=O) groups is 2. The van der Waals surface area contributed by atoms with Crippen molar-refractivity contribution in [2.45, 2.75) is 44.9 Å². The van der Waals surface area contributed by atoms with E-state index in [0.29, 0.717) is 45.6 Å². The molecule has 4 rings (SSSR count). The van der Waals surface area contributed by atoms with Gasteiger partial charge in [0.1, 0.15) is 11.4 Å². The van der Waals surface area contributed by atoms with Crippen molar-refractivity contribution in [1.29, 1.82) is 0 Å². The van der Waals surface area contributed by atoms with Crippen LogP contribution in [0.1, 0.15) is 32.5 Å². The molecular weight excluding hydrogens is 382 g/mol. The first-order chi connectivity index (χ1) is 14.6. The van der Waals surface area contributed by atoms with Gasteiger partial charge in [-0.05, 0) is 26.0 Å². The van der Waals surface area contributed by atoms with E-state index in [1.807, 2.05) is 59.8 Å². The molecule has 3 amide bonds. The summed E-state index contributed by atoms with van der Waals surface area (Å²) in [6.07, 6.45) is 4.36. The van der Waals surface area contributed by atoms with Crippen LogP contribution in [0.15, 0.2) is 42.7 Å². The Morgan fingerprint density at radius 2 is 1.90 bits per heavy atom. The van der Waals surface area contributed by atoms with E-state index in [0.717, 1.165) is 11.5 Å². The number of fused-ring (bicyclic) bond motifs is 2. The van der Waals surface area contributed by atoms with Gasteiger partial charge in [-0.1, -0.05) is 18.2 Å². The number of anilines is 1. The number of aromatic nitrogens is 2. The number of hydrogen-bond acceptors (Lipinski definition) is 4. The third-order valence-corrected chi connectivity index (χ3v) is 6.09. The molecule has 1 aromatic heterocycles. The summed E-state index contributed by atoms with van der Waals surface area (Å²) < 4.78 is 8.50. The molecule has 0 aliphatic carbocycles. The number of imidazole rings is 1. The summed E-state index contributed by atoms with van der Waals surface area (Å²) in [6, 6.07) is 9.32. The van der Waals surface area contributed by atoms with Gasteiger partial charge in [0.15, 0.2) is 6.10 Å². The van der Waals surface area contributed by atoms with Gasteiger partial charge in [-0.25, -0.2) is 9.78 Å². The molecule has 1 atom stereocenters. The van der Waals surface area contributed by atoms with Crippen LogP contribution in [-0.2, 0) is 21.7 Å². The number of hydrogen-bond donors (Lipinski definition) is 1. The maximum atomic E-state index is 13.0. The maximum absolute atomic E-state index is 13.0. The van der Waals surface area contributed by atoms with Crippen LogP contribution in [0.4, 0.5) is 10.5 Å². The van der Waals surface area contributed by atoms with E-state index in [1.165, 1.54) is 0 Å². The SMILES string of the molecule is CCN(CC)C(=O)C1Cn2ccnc2C2(CCN(C(=O)Nc3ccccc3)CC2)O1. The van der Waals surface area contributed by atoms with Crippen molar-refractivity contribution >= 4 is 17.6 Å². The zero-order valence-electron chi connectivity index (χ0n) is 17.6. The first kappa shape index (κ1) is 20.4. The number of ether oxygens (including phenoxy) is 1. The van der Waals surface area contributed by atoms with E-state index < -0.39 is 11.7 Å². The molecule has 160 valence electrons. The normalized spacial score (nSPS) is 19.9. The standard InChI is InChI=1S/C22H29N5O3/c1-3-25(4-2)19(28)18-16-27-15-12-23-20(27)22(30-18)10-13-26(14-11-22)21(29)24-17-8-6-5-7-9-17/h5-9,12,15,18H,3-4,10-11,13-14,16H2,1-2H3,(H,24,29). The Hall–Kier alpha value is -2.87. The Kier molecular flexibility index (Phi) is 5.76. The van der Waals surface area contributed by atoms with E-state index in [4.69, 9.17) is 4.74 Å². The fraction of sp³-hybridized carbons (Fsp3) is 0.500. The van der Waals surface area contributed by atoms with Crippen LogP contribution in [0.25, 0.3) is 0 Å². The van der Waals surface area contributed by atoms with Crippen molar-refractivity contribution in [2.75, 3.05) is 31.5 Å². The van der Waals surface area contributed by atoms with Crippen molar-refractivity contribution in [2.24, 2.45) is 0 Å². The lowest BCUT2D eigenvalue weighted by molar-refractivity contribution is -0.179. The number of piperidine rings is 1. The number of urea groups is 1. The largest absolute Gasteiger partial charge is 0.352 e. The molecule has 1 spiro atoms. The number of nitrogens with zero attached hydrogens (tertiary/aromatic N) is 4. The summed E-state index contributed by atoms with van der Waals surface area (Å²) in [4.78, 5) is 33.8. The molecule has 1 saturated heterocycles. The van der Waals surface area contributed by atoms with Gasteiger partial charge in [-0.2, -0.15) is 0 Å². The molecule has 8 heteroatoms. The summed E-state index contributed by atoms with van der Waals surface area (Å²) >= 11 is 0. The molecule has 2 aliphatic heterocycles. The average molecular weight is 412 g/mol. The van der Waals surface area contributed by atoms with Crippen LogP contribution in [-0.4, -0.2) is 63.6 Å². The number of likely N-dealkylation sites (N-methyl/N-ethyl adjacent to an activating group) is 1. The number of benzene rings is 1. The van der Waals surface area contributed by atoms with Gasteiger partial charge >= 0.3 is 6.03 Å². The Morgan fingerprint density at radius 1 is 1.20 bits per heavy atom. The zero-order chi connectivity index (χ0) is 21.1. The molecule has 8 nitrogen and oxygen atoms in total. The molecule has 30 heavy (non-hydrogen) atoms. The first-order valence-electron chi connectivity index (χ1n) is 10.7. The van der Waals surface area contributed by atoms with Crippen molar-refractivity contribution < 1.29 is 14.3 Å². The molecule has 0 radical (unpaired) electrons. The van der Waals surface area contributed by atoms with Gasteiger partial charge < -0.3 is 24.4 Å². The van der Waals surface area contributed by atoms with Crippen LogP contribution in [0, 0.1) is 0 Å². The van der Waals surface area contributed by atoms with Gasteiger partial charge in [-0.15, -0.1) is 0 Å². The summed E-state index contributed by atoms with van der Waals surface area (Å²) in [5.74, 6) is 0.872. The maximum Gasteiger partial charge on any atom is 0.321 e. The lowest BCUT2D eigenvalue weighted by Crippen LogP contribution is -2.55. The molecule has 1 N–H and O–H groups in total. The smallest absolute Gasteiger partial charge is 0.321 e. The zero-order valence-corrected chi connectivity index (χ0v) is 17.6. The third kappa shape index (κ3) is 3.79. The third-order valence-electron chi connectivity index (χ3n) is 6.09. The molecule has 0 bridgehead atoms. The van der Waals surface area contributed by atoms with E-state index >= 15 is 0 Å². The molecule has 1 fully saturated rings. The Morgan fingerprint density at radius 3 is 2.57 bits per heavy atom. The molecule has 0 saturated carbocycles. The minimum atomic E-state index is -0.640. The lowest BCUT2D eigenvalue weighted by Gasteiger charge is -2.46. The first-order valence-corrected chi connectivity index (χ1v) is 10.7. The summed E-state index contributed by atoms with van der Waals surface area (Å²) in [5.41, 5.74) is 0.135. The Labute approximate surface area is 176 Å². The molecule has 3 heterocycles. The van der Waals surface area contributed by atoms with Crippen LogP contribution >= 0.6 is 0 Å². The van der Waals surface area contributed by atoms with E-state index in [2.05, 4.69) is 10.3 Å². The summed E-state index contributed by atoms with van der Waals surface area (Å²) in [5, 5.41) is 2.94. The van der Waals surface area contributed by atoms with E-state index in [1.54, 1.807) is 11.1 Å². The van der Waals surface area contributed by atoms with E-state index in [-0.39, 0.29) is 11.9 Å². The van der Waals surface area contributed by atoms with Gasteiger partial charge in [0, 0.05) is 57.1 Å². The quantitative estimate of drug-likeness (QED) is 0.839.